The molecule has 7 nitrogen and oxygen atoms in total. The number of hydrogen-bond donors (Lipinski definition) is 1. The molecule has 24 heavy (non-hydrogen) atoms. The molecule has 0 bridgehead atoms. The zero-order chi connectivity index (χ0) is 17.1. The Bertz CT molecular complexity index is 833. The van der Waals surface area contributed by atoms with Gasteiger partial charge in [0.15, 0.2) is 11.5 Å². The van der Waals surface area contributed by atoms with Gasteiger partial charge in [-0.15, -0.1) is 10.2 Å². The Morgan fingerprint density at radius 2 is 1.83 bits per heavy atom. The molecule has 1 aliphatic rings. The highest BCUT2D eigenvalue weighted by Crippen LogP contribution is 2.35. The lowest BCUT2D eigenvalue weighted by Crippen LogP contribution is -2.24. The molecule has 7 heteroatoms. The largest absolute Gasteiger partial charge is 0.481 e. The molecule has 2 aromatic rings. The van der Waals surface area contributed by atoms with E-state index >= 15 is 0 Å². The van der Waals surface area contributed by atoms with Crippen LogP contribution in [0.5, 0.6) is 0 Å². The highest BCUT2D eigenvalue weighted by Gasteiger charge is 2.39. The van der Waals surface area contributed by atoms with Gasteiger partial charge in [-0.1, -0.05) is 12.1 Å². The molecule has 2 heterocycles. The molecule has 0 aliphatic carbocycles. The predicted octanol–water partition coefficient (Wildman–Crippen LogP) is 1.52. The Labute approximate surface area is 138 Å². The van der Waals surface area contributed by atoms with E-state index in [9.17, 15) is 9.90 Å². The van der Waals surface area contributed by atoms with Gasteiger partial charge in [0.1, 0.15) is 6.07 Å². The summed E-state index contributed by atoms with van der Waals surface area (Å²) in [5.74, 6) is -1.09. The third kappa shape index (κ3) is 2.88. The number of aliphatic carboxylic acids is 1. The summed E-state index contributed by atoms with van der Waals surface area (Å²) in [6.45, 7) is 0.810. The molecule has 2 atom stereocenters. The van der Waals surface area contributed by atoms with E-state index in [-0.39, 0.29) is 11.6 Å². The molecule has 1 N–H and O–H groups in total. The maximum Gasteiger partial charge on any atom is 0.308 e. The summed E-state index contributed by atoms with van der Waals surface area (Å²) in [5, 5.41) is 35.0. The number of anilines is 1. The van der Waals surface area contributed by atoms with Crippen molar-refractivity contribution >= 4 is 11.8 Å². The maximum absolute atomic E-state index is 11.6. The summed E-state index contributed by atoms with van der Waals surface area (Å²) < 4.78 is 0. The van der Waals surface area contributed by atoms with Gasteiger partial charge in [0.2, 0.25) is 0 Å². The number of nitrogens with zero attached hydrogens (tertiary/aromatic N) is 5. The van der Waals surface area contributed by atoms with E-state index in [1.807, 2.05) is 11.0 Å². The van der Waals surface area contributed by atoms with Crippen LogP contribution in [0.25, 0.3) is 0 Å². The number of aromatic nitrogens is 2. The first-order valence-corrected chi connectivity index (χ1v) is 7.34. The summed E-state index contributed by atoms with van der Waals surface area (Å²) in [5.41, 5.74) is 1.64. The molecular weight excluding hydrogens is 306 g/mol. The van der Waals surface area contributed by atoms with Crippen LogP contribution in [0.2, 0.25) is 0 Å². The molecule has 1 unspecified atom stereocenters. The molecule has 0 spiro atoms. The molecular formula is C17H13N5O2. The lowest BCUT2D eigenvalue weighted by atomic mass is 9.89. The van der Waals surface area contributed by atoms with E-state index in [1.54, 1.807) is 36.4 Å². The van der Waals surface area contributed by atoms with Gasteiger partial charge >= 0.3 is 5.97 Å². The van der Waals surface area contributed by atoms with Crippen molar-refractivity contribution in [2.45, 2.75) is 5.92 Å². The SMILES string of the molecule is N#Cc1ccc(C2CN(c3ccc(C#N)nn3)C[C@H]2C(=O)O)cc1. The van der Waals surface area contributed by atoms with Gasteiger partial charge in [0, 0.05) is 19.0 Å². The summed E-state index contributed by atoms with van der Waals surface area (Å²) >= 11 is 0. The Morgan fingerprint density at radius 1 is 1.08 bits per heavy atom. The standard InChI is InChI=1S/C17H13N5O2/c18-7-11-1-3-12(4-2-11)14-9-22(10-15(14)17(23)24)16-6-5-13(8-19)20-21-16/h1-6,14-15H,9-10H2,(H,23,24)/t14?,15-/m1/s1. The topological polar surface area (TPSA) is 114 Å². The van der Waals surface area contributed by atoms with Crippen LogP contribution >= 0.6 is 0 Å². The fourth-order valence-electron chi connectivity index (χ4n) is 2.94. The summed E-state index contributed by atoms with van der Waals surface area (Å²) in [7, 11) is 0. The summed E-state index contributed by atoms with van der Waals surface area (Å²) in [6.07, 6.45) is 0. The molecule has 1 aliphatic heterocycles. The summed E-state index contributed by atoms with van der Waals surface area (Å²) in [4.78, 5) is 13.5. The molecule has 1 saturated heterocycles. The number of nitriles is 2. The number of carbonyl (C=O) groups is 1. The first-order valence-electron chi connectivity index (χ1n) is 7.34. The van der Waals surface area contributed by atoms with Gasteiger partial charge in [-0.2, -0.15) is 10.5 Å². The molecule has 0 saturated carbocycles. The lowest BCUT2D eigenvalue weighted by Gasteiger charge is -2.16. The van der Waals surface area contributed by atoms with E-state index in [4.69, 9.17) is 10.5 Å². The molecule has 0 radical (unpaired) electrons. The van der Waals surface area contributed by atoms with E-state index in [0.717, 1.165) is 5.56 Å². The van der Waals surface area contributed by atoms with Crippen LogP contribution in [-0.2, 0) is 4.79 Å². The van der Waals surface area contributed by atoms with Crippen LogP contribution in [0.15, 0.2) is 36.4 Å². The average molecular weight is 319 g/mol. The second kappa shape index (κ2) is 6.35. The number of benzene rings is 1. The van der Waals surface area contributed by atoms with Crippen LogP contribution < -0.4 is 4.90 Å². The average Bonchev–Trinajstić information content (AvgIpc) is 3.07. The van der Waals surface area contributed by atoms with Gasteiger partial charge in [0.25, 0.3) is 0 Å². The lowest BCUT2D eigenvalue weighted by molar-refractivity contribution is -0.141. The first-order chi connectivity index (χ1) is 11.6. The minimum absolute atomic E-state index is 0.201. The monoisotopic (exact) mass is 319 g/mol. The third-order valence-corrected chi connectivity index (χ3v) is 4.19. The Morgan fingerprint density at radius 3 is 2.38 bits per heavy atom. The van der Waals surface area contributed by atoms with Crippen molar-refractivity contribution in [2.75, 3.05) is 18.0 Å². The Balaban J connectivity index is 1.87. The van der Waals surface area contributed by atoms with Gasteiger partial charge in [-0.3, -0.25) is 4.79 Å². The van der Waals surface area contributed by atoms with Crippen LogP contribution in [0, 0.1) is 28.6 Å². The van der Waals surface area contributed by atoms with Crippen molar-refractivity contribution in [1.29, 1.82) is 10.5 Å². The smallest absolute Gasteiger partial charge is 0.308 e. The van der Waals surface area contributed by atoms with E-state index in [1.165, 1.54) is 0 Å². The zero-order valence-electron chi connectivity index (χ0n) is 12.6. The fraction of sp³-hybridized carbons (Fsp3) is 0.235. The van der Waals surface area contributed by atoms with Crippen LogP contribution in [0.4, 0.5) is 5.82 Å². The normalized spacial score (nSPS) is 19.5. The Kier molecular flexibility index (Phi) is 4.09. The first kappa shape index (κ1) is 15.4. The molecule has 1 aromatic carbocycles. The van der Waals surface area contributed by atoms with Crippen molar-refractivity contribution < 1.29 is 9.90 Å². The predicted molar refractivity (Wildman–Crippen MR) is 84.0 cm³/mol. The molecule has 1 aromatic heterocycles. The fourth-order valence-corrected chi connectivity index (χ4v) is 2.94. The molecule has 1 fully saturated rings. The van der Waals surface area contributed by atoms with Crippen molar-refractivity contribution in [3.05, 3.63) is 53.2 Å². The number of carboxylic acid groups (broad SMARTS) is 1. The van der Waals surface area contributed by atoms with Gasteiger partial charge in [-0.25, -0.2) is 0 Å². The summed E-state index contributed by atoms with van der Waals surface area (Å²) in [6, 6.07) is 14.2. The number of rotatable bonds is 3. The van der Waals surface area contributed by atoms with Crippen molar-refractivity contribution in [2.24, 2.45) is 5.92 Å². The molecule has 118 valence electrons. The highest BCUT2D eigenvalue weighted by molar-refractivity contribution is 5.74. The third-order valence-electron chi connectivity index (χ3n) is 4.19. The van der Waals surface area contributed by atoms with Gasteiger partial charge < -0.3 is 10.0 Å². The Hall–Kier alpha value is -3.45. The second-order valence-electron chi connectivity index (χ2n) is 5.58. The maximum atomic E-state index is 11.6. The zero-order valence-corrected chi connectivity index (χ0v) is 12.6. The molecule has 3 rings (SSSR count). The van der Waals surface area contributed by atoms with Crippen molar-refractivity contribution in [3.8, 4) is 12.1 Å². The highest BCUT2D eigenvalue weighted by atomic mass is 16.4. The van der Waals surface area contributed by atoms with E-state index in [0.29, 0.717) is 24.5 Å². The van der Waals surface area contributed by atoms with Crippen LogP contribution in [-0.4, -0.2) is 34.4 Å². The second-order valence-corrected chi connectivity index (χ2v) is 5.58. The minimum atomic E-state index is -0.867. The van der Waals surface area contributed by atoms with Gasteiger partial charge in [-0.05, 0) is 29.8 Å². The van der Waals surface area contributed by atoms with Crippen molar-refractivity contribution in [1.82, 2.24) is 10.2 Å². The number of hydrogen-bond acceptors (Lipinski definition) is 6. The van der Waals surface area contributed by atoms with Crippen molar-refractivity contribution in [3.63, 3.8) is 0 Å². The van der Waals surface area contributed by atoms with Gasteiger partial charge in [0.05, 0.1) is 17.6 Å². The molecule has 0 amide bonds. The quantitative estimate of drug-likeness (QED) is 0.912. The number of carboxylic acids is 1. The van der Waals surface area contributed by atoms with Crippen LogP contribution in [0.1, 0.15) is 22.7 Å². The van der Waals surface area contributed by atoms with Crippen LogP contribution in [0.3, 0.4) is 0 Å². The minimum Gasteiger partial charge on any atom is -0.481 e. The van der Waals surface area contributed by atoms with E-state index < -0.39 is 11.9 Å². The van der Waals surface area contributed by atoms with E-state index in [2.05, 4.69) is 16.3 Å².